The minimum Gasteiger partial charge on any atom is -0.392 e. The third-order valence-electron chi connectivity index (χ3n) is 3.91. The van der Waals surface area contributed by atoms with E-state index in [1.54, 1.807) is 13.3 Å². The zero-order valence-corrected chi connectivity index (χ0v) is 12.1. The maximum Gasteiger partial charge on any atom is 0.0717 e. The lowest BCUT2D eigenvalue weighted by molar-refractivity contribution is 0.202. The number of methoxy groups -OCH3 is 1. The van der Waals surface area contributed by atoms with E-state index in [-0.39, 0.29) is 6.61 Å². The Morgan fingerprint density at radius 3 is 2.84 bits per heavy atom. The number of pyridine rings is 1. The minimum absolute atomic E-state index is 0.0312. The van der Waals surface area contributed by atoms with E-state index in [1.165, 1.54) is 12.8 Å². The summed E-state index contributed by atoms with van der Waals surface area (Å²) in [5.74, 6) is 0.775. The molecule has 1 aromatic rings. The van der Waals surface area contributed by atoms with E-state index < -0.39 is 0 Å². The number of hydrogen-bond acceptors (Lipinski definition) is 4. The minimum atomic E-state index is 0.0312. The Morgan fingerprint density at radius 1 is 1.53 bits per heavy atom. The molecule has 1 fully saturated rings. The summed E-state index contributed by atoms with van der Waals surface area (Å²) >= 11 is 0. The molecule has 19 heavy (non-hydrogen) atoms. The van der Waals surface area contributed by atoms with Gasteiger partial charge in [-0.05, 0) is 38.7 Å². The standard InChI is InChI=1S/C15H24N2O2/c1-11-8-15(14(10-18)9-16-11)17(6-7-19-3)12(2)13-4-5-13/h8-9,12-13,18H,4-7,10H2,1-3H3. The molecule has 1 atom stereocenters. The van der Waals surface area contributed by atoms with Crippen molar-refractivity contribution in [3.8, 4) is 0 Å². The van der Waals surface area contributed by atoms with Crippen molar-refractivity contribution in [2.75, 3.05) is 25.2 Å². The van der Waals surface area contributed by atoms with Crippen LogP contribution in [0.3, 0.4) is 0 Å². The summed E-state index contributed by atoms with van der Waals surface area (Å²) in [6.07, 6.45) is 4.40. The highest BCUT2D eigenvalue weighted by molar-refractivity contribution is 5.54. The number of ether oxygens (including phenoxy) is 1. The van der Waals surface area contributed by atoms with E-state index >= 15 is 0 Å². The fourth-order valence-corrected chi connectivity index (χ4v) is 2.53. The van der Waals surface area contributed by atoms with Gasteiger partial charge in [0.2, 0.25) is 0 Å². The van der Waals surface area contributed by atoms with Gasteiger partial charge in [0.1, 0.15) is 0 Å². The highest BCUT2D eigenvalue weighted by Gasteiger charge is 2.32. The summed E-state index contributed by atoms with van der Waals surface area (Å²) < 4.78 is 5.23. The molecular weight excluding hydrogens is 240 g/mol. The number of aromatic nitrogens is 1. The van der Waals surface area contributed by atoms with Gasteiger partial charge in [-0.2, -0.15) is 0 Å². The van der Waals surface area contributed by atoms with Crippen LogP contribution in [-0.2, 0) is 11.3 Å². The second kappa shape index (κ2) is 6.35. The van der Waals surface area contributed by atoms with Gasteiger partial charge in [0.05, 0.1) is 13.2 Å². The lowest BCUT2D eigenvalue weighted by Crippen LogP contribution is -2.38. The van der Waals surface area contributed by atoms with Gasteiger partial charge in [0.25, 0.3) is 0 Å². The Hall–Kier alpha value is -1.13. The molecule has 0 aromatic carbocycles. The number of aryl methyl sites for hydroxylation is 1. The molecular formula is C15H24N2O2. The number of aliphatic hydroxyl groups is 1. The molecule has 1 aromatic heterocycles. The molecule has 1 saturated carbocycles. The third-order valence-corrected chi connectivity index (χ3v) is 3.91. The molecule has 0 bridgehead atoms. The van der Waals surface area contributed by atoms with E-state index in [2.05, 4.69) is 22.9 Å². The largest absolute Gasteiger partial charge is 0.392 e. The zero-order chi connectivity index (χ0) is 13.8. The van der Waals surface area contributed by atoms with Crippen molar-refractivity contribution in [2.45, 2.75) is 39.3 Å². The molecule has 4 heteroatoms. The second-order valence-corrected chi connectivity index (χ2v) is 5.38. The van der Waals surface area contributed by atoms with Crippen LogP contribution in [0.4, 0.5) is 5.69 Å². The van der Waals surface area contributed by atoms with Gasteiger partial charge in [-0.3, -0.25) is 4.98 Å². The van der Waals surface area contributed by atoms with Crippen LogP contribution in [0.15, 0.2) is 12.3 Å². The van der Waals surface area contributed by atoms with Crippen molar-refractivity contribution in [3.63, 3.8) is 0 Å². The molecule has 4 nitrogen and oxygen atoms in total. The van der Waals surface area contributed by atoms with Gasteiger partial charge in [-0.25, -0.2) is 0 Å². The predicted octanol–water partition coefficient (Wildman–Crippen LogP) is 2.13. The first-order valence-corrected chi connectivity index (χ1v) is 6.99. The van der Waals surface area contributed by atoms with Crippen LogP contribution in [0.5, 0.6) is 0 Å². The van der Waals surface area contributed by atoms with Gasteiger partial charge in [-0.15, -0.1) is 0 Å². The van der Waals surface area contributed by atoms with Crippen LogP contribution in [-0.4, -0.2) is 36.4 Å². The van der Waals surface area contributed by atoms with E-state index in [0.717, 1.165) is 29.4 Å². The van der Waals surface area contributed by atoms with Gasteiger partial charge in [0.15, 0.2) is 0 Å². The van der Waals surface area contributed by atoms with Crippen LogP contribution >= 0.6 is 0 Å². The summed E-state index contributed by atoms with van der Waals surface area (Å²) in [6.45, 7) is 5.84. The molecule has 2 rings (SSSR count). The summed E-state index contributed by atoms with van der Waals surface area (Å²) in [7, 11) is 1.73. The van der Waals surface area contributed by atoms with Crippen molar-refractivity contribution >= 4 is 5.69 Å². The summed E-state index contributed by atoms with van der Waals surface area (Å²) in [6, 6.07) is 2.56. The maximum absolute atomic E-state index is 9.52. The van der Waals surface area contributed by atoms with Gasteiger partial charge >= 0.3 is 0 Å². The van der Waals surface area contributed by atoms with Crippen LogP contribution in [0, 0.1) is 12.8 Å². The molecule has 1 aliphatic rings. The van der Waals surface area contributed by atoms with E-state index in [4.69, 9.17) is 4.74 Å². The molecule has 0 spiro atoms. The Kier molecular flexibility index (Phi) is 4.77. The van der Waals surface area contributed by atoms with Crippen LogP contribution < -0.4 is 4.90 Å². The highest BCUT2D eigenvalue weighted by Crippen LogP contribution is 2.37. The van der Waals surface area contributed by atoms with Crippen molar-refractivity contribution in [3.05, 3.63) is 23.5 Å². The molecule has 0 saturated heterocycles. The first-order chi connectivity index (χ1) is 9.17. The molecule has 1 aliphatic carbocycles. The van der Waals surface area contributed by atoms with Crippen molar-refractivity contribution in [1.82, 2.24) is 4.98 Å². The first kappa shape index (κ1) is 14.3. The number of nitrogens with zero attached hydrogens (tertiary/aromatic N) is 2. The smallest absolute Gasteiger partial charge is 0.0717 e. The predicted molar refractivity (Wildman–Crippen MR) is 76.3 cm³/mol. The van der Waals surface area contributed by atoms with E-state index in [1.807, 2.05) is 6.92 Å². The average molecular weight is 264 g/mol. The van der Waals surface area contributed by atoms with Crippen LogP contribution in [0.2, 0.25) is 0 Å². The summed E-state index contributed by atoms with van der Waals surface area (Å²) in [5, 5.41) is 9.52. The number of hydrogen-bond donors (Lipinski definition) is 1. The Labute approximate surface area is 115 Å². The fraction of sp³-hybridized carbons (Fsp3) is 0.667. The monoisotopic (exact) mass is 264 g/mol. The van der Waals surface area contributed by atoms with Gasteiger partial charge in [0, 0.05) is 42.8 Å². The lowest BCUT2D eigenvalue weighted by Gasteiger charge is -2.33. The SMILES string of the molecule is COCCN(c1cc(C)ncc1CO)C(C)C1CC1. The lowest BCUT2D eigenvalue weighted by atomic mass is 10.1. The van der Waals surface area contributed by atoms with Crippen molar-refractivity contribution in [2.24, 2.45) is 5.92 Å². The Morgan fingerprint density at radius 2 is 2.26 bits per heavy atom. The van der Waals surface area contributed by atoms with Crippen molar-refractivity contribution in [1.29, 1.82) is 0 Å². The molecule has 0 amide bonds. The second-order valence-electron chi connectivity index (χ2n) is 5.38. The topological polar surface area (TPSA) is 45.6 Å². The zero-order valence-electron chi connectivity index (χ0n) is 12.1. The first-order valence-electron chi connectivity index (χ1n) is 6.99. The normalized spacial score (nSPS) is 16.4. The maximum atomic E-state index is 9.52. The summed E-state index contributed by atoms with van der Waals surface area (Å²) in [5.41, 5.74) is 2.98. The number of aliphatic hydroxyl groups excluding tert-OH is 1. The molecule has 106 valence electrons. The fourth-order valence-electron chi connectivity index (χ4n) is 2.53. The average Bonchev–Trinajstić information content (AvgIpc) is 3.23. The molecule has 0 radical (unpaired) electrons. The third kappa shape index (κ3) is 3.45. The van der Waals surface area contributed by atoms with Crippen LogP contribution in [0.25, 0.3) is 0 Å². The van der Waals surface area contributed by atoms with E-state index in [0.29, 0.717) is 12.6 Å². The summed E-state index contributed by atoms with van der Waals surface area (Å²) in [4.78, 5) is 6.64. The molecule has 1 N–H and O–H groups in total. The Bertz CT molecular complexity index is 419. The highest BCUT2D eigenvalue weighted by atomic mass is 16.5. The van der Waals surface area contributed by atoms with E-state index in [9.17, 15) is 5.11 Å². The molecule has 0 aliphatic heterocycles. The van der Waals surface area contributed by atoms with Gasteiger partial charge in [-0.1, -0.05) is 0 Å². The quantitative estimate of drug-likeness (QED) is 0.819. The van der Waals surface area contributed by atoms with Crippen LogP contribution in [0.1, 0.15) is 31.0 Å². The Balaban J connectivity index is 2.27. The molecule has 1 unspecified atom stereocenters. The number of rotatable bonds is 7. The molecule has 1 heterocycles. The van der Waals surface area contributed by atoms with Crippen molar-refractivity contribution < 1.29 is 9.84 Å². The van der Waals surface area contributed by atoms with Gasteiger partial charge < -0.3 is 14.7 Å². The number of anilines is 1.